The van der Waals surface area contributed by atoms with Gasteiger partial charge in [-0.1, -0.05) is 52.7 Å². The number of hydrogen-bond acceptors (Lipinski definition) is 3. The minimum Gasteiger partial charge on any atom is -0.483 e. The summed E-state index contributed by atoms with van der Waals surface area (Å²) in [6.07, 6.45) is 2.32. The van der Waals surface area contributed by atoms with Crippen molar-refractivity contribution in [2.45, 2.75) is 13.3 Å². The van der Waals surface area contributed by atoms with E-state index in [9.17, 15) is 4.79 Å². The average Bonchev–Trinajstić information content (AvgIpc) is 2.55. The van der Waals surface area contributed by atoms with Gasteiger partial charge in [-0.2, -0.15) is 5.10 Å². The molecule has 0 aliphatic carbocycles. The maximum Gasteiger partial charge on any atom is 0.277 e. The van der Waals surface area contributed by atoms with Crippen LogP contribution in [0.25, 0.3) is 0 Å². The molecule has 4 nitrogen and oxygen atoms in total. The summed E-state index contributed by atoms with van der Waals surface area (Å²) in [6, 6.07) is 12.9. The molecule has 0 aliphatic rings. The number of aryl methyl sites for hydroxylation is 1. The topological polar surface area (TPSA) is 50.7 Å². The predicted molar refractivity (Wildman–Crippen MR) is 96.2 cm³/mol. The van der Waals surface area contributed by atoms with Gasteiger partial charge in [0, 0.05) is 15.1 Å². The van der Waals surface area contributed by atoms with Gasteiger partial charge in [0.2, 0.25) is 0 Å². The summed E-state index contributed by atoms with van der Waals surface area (Å²) in [7, 11) is 0. The van der Waals surface area contributed by atoms with Gasteiger partial charge in [-0.3, -0.25) is 4.79 Å². The number of rotatable bonds is 6. The molecule has 0 bridgehead atoms. The van der Waals surface area contributed by atoms with Crippen molar-refractivity contribution in [1.29, 1.82) is 0 Å². The van der Waals surface area contributed by atoms with E-state index in [4.69, 9.17) is 16.3 Å². The van der Waals surface area contributed by atoms with Crippen molar-refractivity contribution < 1.29 is 9.53 Å². The Balaban J connectivity index is 1.87. The standard InChI is InChI=1S/C17H16BrClN2O2/c1-2-12-9-14(18)7-8-16(12)23-11-17(22)21-20-10-13-5-3-4-6-15(13)19/h3-10H,2,11H2,1H3,(H,21,22)/b20-10+. The third-order valence-electron chi connectivity index (χ3n) is 3.06. The van der Waals surface area contributed by atoms with Crippen LogP contribution in [0.2, 0.25) is 5.02 Å². The second-order valence-corrected chi connectivity index (χ2v) is 6.03. The third kappa shape index (κ3) is 5.37. The molecule has 0 spiro atoms. The maximum atomic E-state index is 11.8. The highest BCUT2D eigenvalue weighted by Crippen LogP contribution is 2.23. The van der Waals surface area contributed by atoms with Gasteiger partial charge < -0.3 is 4.74 Å². The smallest absolute Gasteiger partial charge is 0.277 e. The fourth-order valence-corrected chi connectivity index (χ4v) is 2.49. The van der Waals surface area contributed by atoms with Gasteiger partial charge in [-0.05, 0) is 36.2 Å². The summed E-state index contributed by atoms with van der Waals surface area (Å²) in [4.78, 5) is 11.8. The van der Waals surface area contributed by atoms with E-state index in [-0.39, 0.29) is 12.5 Å². The Bertz CT molecular complexity index is 719. The normalized spacial score (nSPS) is 10.7. The largest absolute Gasteiger partial charge is 0.483 e. The minimum absolute atomic E-state index is 0.103. The highest BCUT2D eigenvalue weighted by atomic mass is 79.9. The molecule has 0 aliphatic heterocycles. The molecule has 0 heterocycles. The number of hydrazone groups is 1. The molecule has 2 aromatic carbocycles. The fraction of sp³-hybridized carbons (Fsp3) is 0.176. The van der Waals surface area contributed by atoms with E-state index in [1.807, 2.05) is 43.3 Å². The Kier molecular flexibility index (Phi) is 6.62. The monoisotopic (exact) mass is 394 g/mol. The lowest BCUT2D eigenvalue weighted by Crippen LogP contribution is -2.24. The lowest BCUT2D eigenvalue weighted by Gasteiger charge is -2.10. The molecule has 0 atom stereocenters. The number of nitrogens with zero attached hydrogens (tertiary/aromatic N) is 1. The Hall–Kier alpha value is -1.85. The quantitative estimate of drug-likeness (QED) is 0.589. The van der Waals surface area contributed by atoms with Gasteiger partial charge in [0.15, 0.2) is 6.61 Å². The van der Waals surface area contributed by atoms with Crippen LogP contribution in [0.1, 0.15) is 18.1 Å². The zero-order valence-electron chi connectivity index (χ0n) is 12.6. The van der Waals surface area contributed by atoms with E-state index in [2.05, 4.69) is 26.5 Å². The molecule has 120 valence electrons. The number of hydrogen-bond donors (Lipinski definition) is 1. The number of amides is 1. The van der Waals surface area contributed by atoms with Gasteiger partial charge in [0.1, 0.15) is 5.75 Å². The molecule has 6 heteroatoms. The van der Waals surface area contributed by atoms with Gasteiger partial charge in [0.25, 0.3) is 5.91 Å². The number of halogens is 2. The summed E-state index contributed by atoms with van der Waals surface area (Å²) in [5, 5.41) is 4.45. The molecule has 2 aromatic rings. The van der Waals surface area contributed by atoms with Crippen molar-refractivity contribution in [3.63, 3.8) is 0 Å². The first-order valence-corrected chi connectivity index (χ1v) is 8.25. The van der Waals surface area contributed by atoms with Gasteiger partial charge in [-0.25, -0.2) is 5.43 Å². The molecular formula is C17H16BrClN2O2. The van der Waals surface area contributed by atoms with Crippen LogP contribution in [0.3, 0.4) is 0 Å². The molecule has 23 heavy (non-hydrogen) atoms. The third-order valence-corrected chi connectivity index (χ3v) is 3.90. The van der Waals surface area contributed by atoms with Crippen molar-refractivity contribution >= 4 is 39.7 Å². The van der Waals surface area contributed by atoms with Crippen LogP contribution >= 0.6 is 27.5 Å². The molecule has 2 rings (SSSR count). The SMILES string of the molecule is CCc1cc(Br)ccc1OCC(=O)N/N=C/c1ccccc1Cl. The fourth-order valence-electron chi connectivity index (χ4n) is 1.89. The van der Waals surface area contributed by atoms with E-state index in [0.29, 0.717) is 10.8 Å². The van der Waals surface area contributed by atoms with E-state index in [1.54, 1.807) is 6.07 Å². The summed E-state index contributed by atoms with van der Waals surface area (Å²) in [5.41, 5.74) is 4.18. The van der Waals surface area contributed by atoms with Crippen LogP contribution in [0.5, 0.6) is 5.75 Å². The second kappa shape index (κ2) is 8.70. The highest BCUT2D eigenvalue weighted by Gasteiger charge is 2.06. The average molecular weight is 396 g/mol. The molecule has 0 radical (unpaired) electrons. The lowest BCUT2D eigenvalue weighted by atomic mass is 10.1. The molecule has 0 aromatic heterocycles. The van der Waals surface area contributed by atoms with Gasteiger partial charge in [-0.15, -0.1) is 0 Å². The number of carbonyl (C=O) groups excluding carboxylic acids is 1. The van der Waals surface area contributed by atoms with Gasteiger partial charge in [0.05, 0.1) is 6.21 Å². The summed E-state index contributed by atoms with van der Waals surface area (Å²) in [6.45, 7) is 1.93. The molecule has 0 saturated carbocycles. The first kappa shape index (κ1) is 17.5. The molecule has 0 fully saturated rings. The lowest BCUT2D eigenvalue weighted by molar-refractivity contribution is -0.123. The maximum absolute atomic E-state index is 11.8. The van der Waals surface area contributed by atoms with Crippen molar-refractivity contribution in [2.75, 3.05) is 6.61 Å². The van der Waals surface area contributed by atoms with E-state index < -0.39 is 0 Å². The van der Waals surface area contributed by atoms with E-state index in [0.717, 1.165) is 22.0 Å². The van der Waals surface area contributed by atoms with Crippen molar-refractivity contribution in [3.8, 4) is 5.75 Å². The van der Waals surface area contributed by atoms with Crippen molar-refractivity contribution in [3.05, 3.63) is 63.1 Å². The van der Waals surface area contributed by atoms with Crippen LogP contribution in [0, 0.1) is 0 Å². The number of ether oxygens (including phenoxy) is 1. The minimum atomic E-state index is -0.335. The van der Waals surface area contributed by atoms with Crippen LogP contribution < -0.4 is 10.2 Å². The van der Waals surface area contributed by atoms with Crippen LogP contribution in [-0.2, 0) is 11.2 Å². The molecular weight excluding hydrogens is 380 g/mol. The Morgan fingerprint density at radius 2 is 2.13 bits per heavy atom. The second-order valence-electron chi connectivity index (χ2n) is 4.71. The highest BCUT2D eigenvalue weighted by molar-refractivity contribution is 9.10. The molecule has 0 unspecified atom stereocenters. The Morgan fingerprint density at radius 1 is 1.35 bits per heavy atom. The molecule has 1 amide bonds. The zero-order valence-corrected chi connectivity index (χ0v) is 14.9. The Labute approximate surface area is 148 Å². The zero-order chi connectivity index (χ0) is 16.7. The first-order valence-electron chi connectivity index (χ1n) is 7.07. The first-order chi connectivity index (χ1) is 11.1. The number of nitrogens with one attached hydrogen (secondary N) is 1. The summed E-state index contributed by atoms with van der Waals surface area (Å²) in [5.74, 6) is 0.360. The summed E-state index contributed by atoms with van der Waals surface area (Å²) >= 11 is 9.41. The Morgan fingerprint density at radius 3 is 2.87 bits per heavy atom. The number of carbonyl (C=O) groups is 1. The predicted octanol–water partition coefficient (Wildman–Crippen LogP) is 4.19. The van der Waals surface area contributed by atoms with Crippen LogP contribution in [0.4, 0.5) is 0 Å². The van der Waals surface area contributed by atoms with Crippen LogP contribution in [0.15, 0.2) is 52.0 Å². The molecule has 1 N–H and O–H groups in total. The van der Waals surface area contributed by atoms with Crippen molar-refractivity contribution in [1.82, 2.24) is 5.43 Å². The van der Waals surface area contributed by atoms with Crippen LogP contribution in [-0.4, -0.2) is 18.7 Å². The van der Waals surface area contributed by atoms with Gasteiger partial charge >= 0.3 is 0 Å². The number of benzene rings is 2. The van der Waals surface area contributed by atoms with E-state index in [1.165, 1.54) is 6.21 Å². The van der Waals surface area contributed by atoms with E-state index >= 15 is 0 Å². The molecule has 0 saturated heterocycles. The van der Waals surface area contributed by atoms with Crippen molar-refractivity contribution in [2.24, 2.45) is 5.10 Å². The summed E-state index contributed by atoms with van der Waals surface area (Å²) < 4.78 is 6.52.